The molecule has 1 aromatic rings. The van der Waals surface area contributed by atoms with Crippen LogP contribution in [0.15, 0.2) is 12.1 Å². The molecule has 3 atom stereocenters. The minimum atomic E-state index is 0.108. The smallest absolute Gasteiger partial charge is 0.126 e. The van der Waals surface area contributed by atoms with Crippen LogP contribution in [-0.4, -0.2) is 7.11 Å². The predicted octanol–water partition coefficient (Wildman–Crippen LogP) is 4.14. The van der Waals surface area contributed by atoms with Gasteiger partial charge in [-0.1, -0.05) is 31.9 Å². The first-order valence-corrected chi connectivity index (χ1v) is 7.44. The third-order valence-electron chi connectivity index (χ3n) is 4.76. The van der Waals surface area contributed by atoms with E-state index in [9.17, 15) is 0 Å². The van der Waals surface area contributed by atoms with Gasteiger partial charge in [0.25, 0.3) is 0 Å². The lowest BCUT2D eigenvalue weighted by Crippen LogP contribution is -2.26. The molecule has 106 valence electrons. The minimum absolute atomic E-state index is 0.108. The van der Waals surface area contributed by atoms with E-state index >= 15 is 0 Å². The van der Waals surface area contributed by atoms with Gasteiger partial charge in [0.2, 0.25) is 0 Å². The first-order chi connectivity index (χ1) is 9.04. The van der Waals surface area contributed by atoms with Crippen molar-refractivity contribution in [3.05, 3.63) is 28.8 Å². The van der Waals surface area contributed by atoms with Crippen molar-refractivity contribution in [1.29, 1.82) is 0 Å². The number of ether oxygens (including phenoxy) is 1. The summed E-state index contributed by atoms with van der Waals surface area (Å²) in [6, 6.07) is 4.43. The van der Waals surface area contributed by atoms with Gasteiger partial charge >= 0.3 is 0 Å². The summed E-state index contributed by atoms with van der Waals surface area (Å²) in [5, 5.41) is 0. The number of rotatable bonds is 3. The lowest BCUT2D eigenvalue weighted by atomic mass is 9.76. The van der Waals surface area contributed by atoms with E-state index in [0.29, 0.717) is 5.92 Å². The zero-order valence-electron chi connectivity index (χ0n) is 12.7. The molecule has 1 aromatic carbocycles. The minimum Gasteiger partial charge on any atom is -0.496 e. The number of hydrogen-bond acceptors (Lipinski definition) is 2. The van der Waals surface area contributed by atoms with E-state index in [1.807, 2.05) is 0 Å². The lowest BCUT2D eigenvalue weighted by Gasteiger charge is -2.32. The van der Waals surface area contributed by atoms with Crippen LogP contribution in [0.4, 0.5) is 0 Å². The fraction of sp³-hybridized carbons (Fsp3) is 0.647. The number of hydrogen-bond donors (Lipinski definition) is 1. The molecule has 0 spiro atoms. The van der Waals surface area contributed by atoms with Gasteiger partial charge in [0.05, 0.1) is 7.11 Å². The van der Waals surface area contributed by atoms with Gasteiger partial charge in [0.15, 0.2) is 0 Å². The molecule has 0 aliphatic heterocycles. The van der Waals surface area contributed by atoms with Gasteiger partial charge in [0, 0.05) is 11.6 Å². The van der Waals surface area contributed by atoms with E-state index in [2.05, 4.69) is 32.9 Å². The monoisotopic (exact) mass is 261 g/mol. The lowest BCUT2D eigenvalue weighted by molar-refractivity contribution is 0.245. The highest BCUT2D eigenvalue weighted by Gasteiger charge is 2.27. The van der Waals surface area contributed by atoms with Crippen LogP contribution in [0.1, 0.15) is 55.3 Å². The van der Waals surface area contributed by atoms with E-state index in [1.165, 1.54) is 42.4 Å². The van der Waals surface area contributed by atoms with Crippen LogP contribution in [0.3, 0.4) is 0 Å². The fourth-order valence-corrected chi connectivity index (χ4v) is 3.41. The molecular weight excluding hydrogens is 234 g/mol. The van der Waals surface area contributed by atoms with Gasteiger partial charge < -0.3 is 10.5 Å². The molecular formula is C17H27NO. The summed E-state index contributed by atoms with van der Waals surface area (Å²) in [4.78, 5) is 0. The van der Waals surface area contributed by atoms with Gasteiger partial charge in [-0.2, -0.15) is 0 Å². The largest absolute Gasteiger partial charge is 0.496 e. The Hall–Kier alpha value is -1.02. The SMILES string of the molecule is COc1c(C(N)C2CCCC(C)C2)ccc(C)c1C. The molecule has 2 N–H and O–H groups in total. The number of benzene rings is 1. The topological polar surface area (TPSA) is 35.2 Å². The average molecular weight is 261 g/mol. The fourth-order valence-electron chi connectivity index (χ4n) is 3.41. The molecule has 1 saturated carbocycles. The van der Waals surface area contributed by atoms with Crippen molar-refractivity contribution in [2.45, 2.75) is 52.5 Å². The molecule has 19 heavy (non-hydrogen) atoms. The molecule has 1 fully saturated rings. The van der Waals surface area contributed by atoms with Crippen LogP contribution in [0, 0.1) is 25.7 Å². The molecule has 1 aliphatic carbocycles. The molecule has 0 radical (unpaired) electrons. The molecule has 0 aromatic heterocycles. The Morgan fingerprint density at radius 2 is 2.00 bits per heavy atom. The van der Waals surface area contributed by atoms with Gasteiger partial charge in [-0.05, 0) is 49.7 Å². The second kappa shape index (κ2) is 5.96. The summed E-state index contributed by atoms with van der Waals surface area (Å²) in [6.45, 7) is 6.58. The van der Waals surface area contributed by atoms with E-state index in [-0.39, 0.29) is 6.04 Å². The number of nitrogens with two attached hydrogens (primary N) is 1. The summed E-state index contributed by atoms with van der Waals surface area (Å²) >= 11 is 0. The van der Waals surface area contributed by atoms with Crippen molar-refractivity contribution in [1.82, 2.24) is 0 Å². The Morgan fingerprint density at radius 3 is 2.63 bits per heavy atom. The Kier molecular flexibility index (Phi) is 4.51. The van der Waals surface area contributed by atoms with Crippen LogP contribution in [0.25, 0.3) is 0 Å². The van der Waals surface area contributed by atoms with Crippen molar-refractivity contribution < 1.29 is 4.74 Å². The van der Waals surface area contributed by atoms with Crippen molar-refractivity contribution in [2.75, 3.05) is 7.11 Å². The van der Waals surface area contributed by atoms with E-state index in [4.69, 9.17) is 10.5 Å². The maximum absolute atomic E-state index is 6.55. The van der Waals surface area contributed by atoms with Crippen LogP contribution in [0.2, 0.25) is 0 Å². The Morgan fingerprint density at radius 1 is 1.26 bits per heavy atom. The highest BCUT2D eigenvalue weighted by molar-refractivity contribution is 5.46. The molecule has 2 nitrogen and oxygen atoms in total. The zero-order valence-corrected chi connectivity index (χ0v) is 12.7. The van der Waals surface area contributed by atoms with Gasteiger partial charge in [-0.15, -0.1) is 0 Å². The van der Waals surface area contributed by atoms with E-state index in [0.717, 1.165) is 11.7 Å². The molecule has 0 heterocycles. The van der Waals surface area contributed by atoms with Gasteiger partial charge in [-0.3, -0.25) is 0 Å². The summed E-state index contributed by atoms with van der Waals surface area (Å²) in [7, 11) is 1.75. The van der Waals surface area contributed by atoms with Crippen molar-refractivity contribution >= 4 is 0 Å². The average Bonchev–Trinajstić information content (AvgIpc) is 2.41. The van der Waals surface area contributed by atoms with Crippen LogP contribution < -0.4 is 10.5 Å². The Labute approximate surface area is 117 Å². The van der Waals surface area contributed by atoms with E-state index < -0.39 is 0 Å². The normalized spacial score (nSPS) is 25.1. The molecule has 2 rings (SSSR count). The molecule has 3 unspecified atom stereocenters. The second-order valence-corrected chi connectivity index (χ2v) is 6.19. The van der Waals surface area contributed by atoms with Crippen LogP contribution in [0.5, 0.6) is 5.75 Å². The maximum atomic E-state index is 6.55. The molecule has 0 saturated heterocycles. The third-order valence-corrected chi connectivity index (χ3v) is 4.76. The highest BCUT2D eigenvalue weighted by Crippen LogP contribution is 2.39. The summed E-state index contributed by atoms with van der Waals surface area (Å²) in [6.07, 6.45) is 5.17. The molecule has 0 bridgehead atoms. The first kappa shape index (κ1) is 14.4. The molecule has 1 aliphatic rings. The van der Waals surface area contributed by atoms with Gasteiger partial charge in [-0.25, -0.2) is 0 Å². The number of methoxy groups -OCH3 is 1. The van der Waals surface area contributed by atoms with E-state index in [1.54, 1.807) is 7.11 Å². The van der Waals surface area contributed by atoms with Crippen LogP contribution in [-0.2, 0) is 0 Å². The summed E-state index contributed by atoms with van der Waals surface area (Å²) in [5.41, 5.74) is 10.2. The summed E-state index contributed by atoms with van der Waals surface area (Å²) in [5.74, 6) is 2.40. The third kappa shape index (κ3) is 2.94. The quantitative estimate of drug-likeness (QED) is 0.887. The van der Waals surface area contributed by atoms with Crippen molar-refractivity contribution in [3.8, 4) is 5.75 Å². The van der Waals surface area contributed by atoms with Crippen LogP contribution >= 0.6 is 0 Å². The Bertz CT molecular complexity index is 441. The highest BCUT2D eigenvalue weighted by atomic mass is 16.5. The predicted molar refractivity (Wildman–Crippen MR) is 80.5 cm³/mol. The molecule has 2 heteroatoms. The molecule has 0 amide bonds. The van der Waals surface area contributed by atoms with Crippen molar-refractivity contribution in [2.24, 2.45) is 17.6 Å². The summed E-state index contributed by atoms with van der Waals surface area (Å²) < 4.78 is 5.62. The maximum Gasteiger partial charge on any atom is 0.126 e. The standard InChI is InChI=1S/C17H27NO/c1-11-6-5-7-14(10-11)16(18)15-9-8-12(2)13(3)17(15)19-4/h8-9,11,14,16H,5-7,10,18H2,1-4H3. The Balaban J connectivity index is 2.28. The van der Waals surface area contributed by atoms with Gasteiger partial charge in [0.1, 0.15) is 5.75 Å². The second-order valence-electron chi connectivity index (χ2n) is 6.19. The zero-order chi connectivity index (χ0) is 14.0. The number of aryl methyl sites for hydroxylation is 1. The van der Waals surface area contributed by atoms with Crippen molar-refractivity contribution in [3.63, 3.8) is 0 Å². The first-order valence-electron chi connectivity index (χ1n) is 7.44.